The number of nitriles is 1. The van der Waals surface area contributed by atoms with Crippen LogP contribution in [0.15, 0.2) is 0 Å². The maximum absolute atomic E-state index is 12.1. The minimum Gasteiger partial charge on any atom is -0.463 e. The zero-order valence-corrected chi connectivity index (χ0v) is 23.9. The van der Waals surface area contributed by atoms with Gasteiger partial charge in [-0.1, -0.05) is 0 Å². The predicted molar refractivity (Wildman–Crippen MR) is 134 cm³/mol. The highest BCUT2D eigenvalue weighted by Gasteiger charge is 2.55. The van der Waals surface area contributed by atoms with Crippen LogP contribution >= 0.6 is 11.8 Å². The molecule has 10 atom stereocenters. The van der Waals surface area contributed by atoms with Crippen molar-refractivity contribution in [2.45, 2.75) is 95.1 Å². The summed E-state index contributed by atoms with van der Waals surface area (Å²) in [6.45, 7) is 4.31. The number of carbonyl (C=O) groups is 5. The van der Waals surface area contributed by atoms with Crippen LogP contribution in [0, 0.1) is 11.3 Å². The molecule has 0 bridgehead atoms. The second-order valence-electron chi connectivity index (χ2n) is 9.08. The number of amides is 1. The molecule has 0 aromatic rings. The fourth-order valence-corrected chi connectivity index (χ4v) is 5.22. The molecule has 0 aromatic heterocycles. The summed E-state index contributed by atoms with van der Waals surface area (Å²) in [6, 6.07) is 0.793. The van der Waals surface area contributed by atoms with Gasteiger partial charge in [0.25, 0.3) is 0 Å². The predicted octanol–water partition coefficient (Wildman–Crippen LogP) is -1.71. The lowest BCUT2D eigenvalue weighted by atomic mass is 9.95. The molecule has 0 aromatic carbocycles. The second-order valence-corrected chi connectivity index (χ2v) is 10.2. The second kappa shape index (κ2) is 15.8. The molecule has 2 heterocycles. The van der Waals surface area contributed by atoms with Crippen LogP contribution in [0.5, 0.6) is 0 Å². The number of nitrogens with zero attached hydrogens (tertiary/aromatic N) is 1. The molecule has 41 heavy (non-hydrogen) atoms. The van der Waals surface area contributed by atoms with Gasteiger partial charge in [0.15, 0.2) is 24.6 Å². The fourth-order valence-electron chi connectivity index (χ4n) is 4.33. The molecule has 0 spiro atoms. The van der Waals surface area contributed by atoms with Gasteiger partial charge in [-0.3, -0.25) is 24.0 Å². The molecule has 17 heteroatoms. The molecule has 0 saturated carbocycles. The van der Waals surface area contributed by atoms with Crippen LogP contribution < -0.4 is 5.32 Å². The molecule has 2 aliphatic heterocycles. The van der Waals surface area contributed by atoms with E-state index in [4.69, 9.17) is 38.4 Å². The van der Waals surface area contributed by atoms with E-state index in [1.54, 1.807) is 0 Å². The first-order chi connectivity index (χ1) is 19.3. The summed E-state index contributed by atoms with van der Waals surface area (Å²) in [4.78, 5) is 59.7. The van der Waals surface area contributed by atoms with Crippen molar-refractivity contribution >= 4 is 41.5 Å². The van der Waals surface area contributed by atoms with Crippen molar-refractivity contribution < 1.29 is 67.3 Å². The van der Waals surface area contributed by atoms with E-state index in [0.717, 1.165) is 39.5 Å². The Bertz CT molecular complexity index is 1010. The lowest BCUT2D eigenvalue weighted by Gasteiger charge is -2.48. The van der Waals surface area contributed by atoms with Crippen molar-refractivity contribution in [3.05, 3.63) is 0 Å². The first-order valence-electron chi connectivity index (χ1n) is 12.4. The maximum Gasteiger partial charge on any atom is 0.303 e. The maximum atomic E-state index is 12.1. The van der Waals surface area contributed by atoms with Gasteiger partial charge in [-0.05, 0) is 0 Å². The van der Waals surface area contributed by atoms with Gasteiger partial charge < -0.3 is 48.7 Å². The number of ether oxygens (including phenoxy) is 7. The standard InChI is InChI=1S/C24H34N2O14S/c1-10(28)26-17-20(18(33)15(8-27)39-24(17)41-7-6-25)40-23-22(37-14(5)32)21(36-13(4)31)19(35-12(3)30)16(38-23)9-34-11(2)29/h15-24,27,33H,7-9H2,1-5H3,(H,26,28)/t15?,16-,17?,18+,19-,20+,21?,22?,23-,24-/m0/s1. The first kappa shape index (κ1) is 34.2. The first-order valence-corrected chi connectivity index (χ1v) is 13.5. The van der Waals surface area contributed by atoms with E-state index in [0.29, 0.717) is 0 Å². The number of esters is 4. The highest BCUT2D eigenvalue weighted by atomic mass is 32.2. The summed E-state index contributed by atoms with van der Waals surface area (Å²) in [5.41, 5.74) is -0.991. The summed E-state index contributed by atoms with van der Waals surface area (Å²) in [5.74, 6) is -3.89. The van der Waals surface area contributed by atoms with E-state index < -0.39 is 103 Å². The Balaban J connectivity index is 2.58. The van der Waals surface area contributed by atoms with Crippen molar-refractivity contribution in [1.29, 1.82) is 5.26 Å². The third kappa shape index (κ3) is 9.80. The monoisotopic (exact) mass is 606 g/mol. The zero-order chi connectivity index (χ0) is 30.9. The molecule has 2 aliphatic rings. The normalized spacial score (nSPS) is 33.0. The minimum absolute atomic E-state index is 0.0826. The summed E-state index contributed by atoms with van der Waals surface area (Å²) < 4.78 is 38.8. The quantitative estimate of drug-likeness (QED) is 0.176. The van der Waals surface area contributed by atoms with E-state index >= 15 is 0 Å². The van der Waals surface area contributed by atoms with E-state index in [1.165, 1.54) is 6.92 Å². The average Bonchev–Trinajstić information content (AvgIpc) is 2.86. The van der Waals surface area contributed by atoms with Crippen molar-refractivity contribution in [2.24, 2.45) is 0 Å². The van der Waals surface area contributed by atoms with E-state index in [-0.39, 0.29) is 5.75 Å². The molecule has 0 aliphatic carbocycles. The van der Waals surface area contributed by atoms with Crippen LogP contribution in [0.3, 0.4) is 0 Å². The molecule has 4 unspecified atom stereocenters. The summed E-state index contributed by atoms with van der Waals surface area (Å²) in [7, 11) is 0. The van der Waals surface area contributed by atoms with E-state index in [2.05, 4.69) is 5.32 Å². The van der Waals surface area contributed by atoms with Crippen molar-refractivity contribution in [2.75, 3.05) is 19.0 Å². The Kier molecular flexibility index (Phi) is 13.2. The molecule has 2 saturated heterocycles. The number of hydrogen-bond donors (Lipinski definition) is 3. The van der Waals surface area contributed by atoms with Gasteiger partial charge in [0.1, 0.15) is 36.5 Å². The molecule has 2 fully saturated rings. The Labute approximate surface area is 239 Å². The molecular formula is C24H34N2O14S. The van der Waals surface area contributed by atoms with Gasteiger partial charge in [0.2, 0.25) is 5.91 Å². The largest absolute Gasteiger partial charge is 0.463 e. The van der Waals surface area contributed by atoms with Crippen molar-refractivity contribution in [3.8, 4) is 6.07 Å². The molecule has 16 nitrogen and oxygen atoms in total. The lowest BCUT2D eigenvalue weighted by Crippen LogP contribution is -2.68. The van der Waals surface area contributed by atoms with Crippen molar-refractivity contribution in [1.82, 2.24) is 5.32 Å². The lowest BCUT2D eigenvalue weighted by molar-refractivity contribution is -0.332. The van der Waals surface area contributed by atoms with Crippen molar-refractivity contribution in [3.63, 3.8) is 0 Å². The van der Waals surface area contributed by atoms with Gasteiger partial charge in [-0.15, -0.1) is 11.8 Å². The van der Waals surface area contributed by atoms with Gasteiger partial charge >= 0.3 is 23.9 Å². The third-order valence-electron chi connectivity index (χ3n) is 5.78. The third-order valence-corrected chi connectivity index (χ3v) is 6.80. The van der Waals surface area contributed by atoms with Gasteiger partial charge in [0.05, 0.1) is 24.5 Å². The van der Waals surface area contributed by atoms with Gasteiger partial charge in [-0.2, -0.15) is 5.26 Å². The molecule has 3 N–H and O–H groups in total. The smallest absolute Gasteiger partial charge is 0.303 e. The molecule has 230 valence electrons. The zero-order valence-electron chi connectivity index (χ0n) is 23.0. The number of hydrogen-bond acceptors (Lipinski definition) is 16. The van der Waals surface area contributed by atoms with E-state index in [1.807, 2.05) is 6.07 Å². The topological polar surface area (TPSA) is 226 Å². The van der Waals surface area contributed by atoms with Crippen LogP contribution in [-0.2, 0) is 57.1 Å². The minimum atomic E-state index is -1.68. The number of aliphatic hydroxyl groups excluding tert-OH is 2. The fraction of sp³-hybridized carbons (Fsp3) is 0.750. The summed E-state index contributed by atoms with van der Waals surface area (Å²) >= 11 is 0.963. The van der Waals surface area contributed by atoms with Crippen LogP contribution in [0.1, 0.15) is 34.6 Å². The van der Waals surface area contributed by atoms with Gasteiger partial charge in [0, 0.05) is 34.6 Å². The van der Waals surface area contributed by atoms with Crippen LogP contribution in [0.2, 0.25) is 0 Å². The number of thioether (sulfide) groups is 1. The molecule has 0 radical (unpaired) electrons. The average molecular weight is 607 g/mol. The number of carbonyl (C=O) groups excluding carboxylic acids is 5. The number of rotatable bonds is 11. The highest BCUT2D eigenvalue weighted by molar-refractivity contribution is 8.00. The van der Waals surface area contributed by atoms with Crippen LogP contribution in [0.25, 0.3) is 0 Å². The Morgan fingerprint density at radius 1 is 0.854 bits per heavy atom. The summed E-state index contributed by atoms with van der Waals surface area (Å²) in [5, 5.41) is 32.5. The van der Waals surface area contributed by atoms with Crippen LogP contribution in [0.4, 0.5) is 0 Å². The molecular weight excluding hydrogens is 572 g/mol. The number of nitrogens with one attached hydrogen (secondary N) is 1. The molecule has 2 rings (SSSR count). The Hall–Kier alpha value is -3.01. The number of aliphatic hydroxyl groups is 2. The van der Waals surface area contributed by atoms with E-state index in [9.17, 15) is 34.2 Å². The Morgan fingerprint density at radius 2 is 1.44 bits per heavy atom. The van der Waals surface area contributed by atoms with Crippen LogP contribution in [-0.4, -0.2) is 119 Å². The van der Waals surface area contributed by atoms with Gasteiger partial charge in [-0.25, -0.2) is 0 Å². The Morgan fingerprint density at radius 3 is 1.95 bits per heavy atom. The SMILES string of the molecule is CC(=O)NC1[C@@H](O[C@@H]2O[C@@H](COC(C)=O)[C@H](OC(C)=O)C(OC(C)=O)C2OC(C)=O)[C@H](O)C(CO)O[C@H]1SCC#N. The molecule has 1 amide bonds. The summed E-state index contributed by atoms with van der Waals surface area (Å²) in [6.07, 6.45) is -11.8. The highest BCUT2D eigenvalue weighted by Crippen LogP contribution is 2.35.